The second-order valence-electron chi connectivity index (χ2n) is 9.66. The number of aromatic hydroxyl groups is 2. The Labute approximate surface area is 246 Å². The number of rotatable bonds is 16. The van der Waals surface area contributed by atoms with Gasteiger partial charge >= 0.3 is 0 Å². The molecule has 0 saturated carbocycles. The highest BCUT2D eigenvalue weighted by atomic mass is 32.2. The van der Waals surface area contributed by atoms with Crippen LogP contribution >= 0.6 is 11.8 Å². The first-order valence-corrected chi connectivity index (χ1v) is 15.3. The second kappa shape index (κ2) is 18.6. The number of hydrogen-bond donors (Lipinski definition) is 6. The van der Waals surface area contributed by atoms with E-state index in [1.54, 1.807) is 24.3 Å². The normalized spacial score (nSPS) is 10.6. The molecule has 0 bridgehead atoms. The van der Waals surface area contributed by atoms with Gasteiger partial charge in [0.1, 0.15) is 11.5 Å². The predicted molar refractivity (Wildman–Crippen MR) is 160 cm³/mol. The van der Waals surface area contributed by atoms with Crippen LogP contribution in [0.3, 0.4) is 0 Å². The number of hydrogen-bond acceptors (Lipinski definition) is 7. The third-order valence-corrected chi connectivity index (χ3v) is 7.39. The fraction of sp³-hybridized carbons (Fsp3) is 0.467. The Morgan fingerprint density at radius 3 is 1.44 bits per heavy atom. The molecule has 10 nitrogen and oxygen atoms in total. The van der Waals surface area contributed by atoms with Crippen LogP contribution in [-0.2, 0) is 22.4 Å². The van der Waals surface area contributed by atoms with Crippen molar-refractivity contribution in [1.82, 2.24) is 21.7 Å². The van der Waals surface area contributed by atoms with Crippen LogP contribution in [0.5, 0.6) is 11.5 Å². The van der Waals surface area contributed by atoms with E-state index in [0.717, 1.165) is 38.5 Å². The molecule has 0 heterocycles. The predicted octanol–water partition coefficient (Wildman–Crippen LogP) is 4.30. The molecule has 41 heavy (non-hydrogen) atoms. The Balaban J connectivity index is 1.64. The van der Waals surface area contributed by atoms with Crippen molar-refractivity contribution in [3.05, 3.63) is 58.7 Å². The Kier molecular flexibility index (Phi) is 15.2. The van der Waals surface area contributed by atoms with Crippen molar-refractivity contribution in [2.75, 3.05) is 11.5 Å². The Morgan fingerprint density at radius 1 is 0.634 bits per heavy atom. The summed E-state index contributed by atoms with van der Waals surface area (Å²) in [7, 11) is 0. The first-order chi connectivity index (χ1) is 19.8. The van der Waals surface area contributed by atoms with Gasteiger partial charge in [0, 0.05) is 24.3 Å². The summed E-state index contributed by atoms with van der Waals surface area (Å²) in [5.74, 6) is -1.33. The lowest BCUT2D eigenvalue weighted by atomic mass is 10.0. The second-order valence-corrected chi connectivity index (χ2v) is 10.9. The number of phenols is 2. The maximum atomic E-state index is 12.4. The number of unbranched alkanes of at least 4 members (excludes halogenated alkanes) is 4. The fourth-order valence-electron chi connectivity index (χ4n) is 4.03. The molecule has 2 aromatic rings. The molecule has 0 radical (unpaired) electrons. The lowest BCUT2D eigenvalue weighted by Crippen LogP contribution is -2.42. The van der Waals surface area contributed by atoms with E-state index in [9.17, 15) is 29.4 Å². The van der Waals surface area contributed by atoms with Gasteiger partial charge in [-0.1, -0.05) is 63.8 Å². The van der Waals surface area contributed by atoms with Crippen LogP contribution in [0.4, 0.5) is 0 Å². The minimum atomic E-state index is -0.601. The van der Waals surface area contributed by atoms with Gasteiger partial charge in [0.25, 0.3) is 11.8 Å². The van der Waals surface area contributed by atoms with Crippen LogP contribution in [-0.4, -0.2) is 45.3 Å². The van der Waals surface area contributed by atoms with Gasteiger partial charge in [-0.2, -0.15) is 11.8 Å². The monoisotopic (exact) mass is 586 g/mol. The molecule has 0 aliphatic rings. The lowest BCUT2D eigenvalue weighted by molar-refractivity contribution is -0.122. The number of aryl methyl sites for hydroxylation is 2. The molecule has 0 aliphatic heterocycles. The van der Waals surface area contributed by atoms with E-state index in [4.69, 9.17) is 0 Å². The van der Waals surface area contributed by atoms with Crippen LogP contribution < -0.4 is 21.7 Å². The summed E-state index contributed by atoms with van der Waals surface area (Å²) in [6.07, 6.45) is 7.57. The molecule has 0 aliphatic carbocycles. The summed E-state index contributed by atoms with van der Waals surface area (Å²) in [5.41, 5.74) is 10.9. The summed E-state index contributed by atoms with van der Waals surface area (Å²) < 4.78 is 0. The number of amides is 4. The summed E-state index contributed by atoms with van der Waals surface area (Å²) in [4.78, 5) is 49.0. The summed E-state index contributed by atoms with van der Waals surface area (Å²) >= 11 is 1.37. The maximum absolute atomic E-state index is 12.4. The van der Waals surface area contributed by atoms with E-state index in [-0.39, 0.29) is 35.5 Å². The number of para-hydroxylation sites is 2. The number of benzene rings is 2. The zero-order chi connectivity index (χ0) is 30.0. The molecule has 0 aromatic heterocycles. The number of thioether (sulfide) groups is 1. The van der Waals surface area contributed by atoms with Crippen LogP contribution in [0.1, 0.15) is 97.1 Å². The molecule has 2 aromatic carbocycles. The number of phenolic OH excluding ortho intramolecular Hbond substituents is 2. The van der Waals surface area contributed by atoms with Gasteiger partial charge in [-0.05, 0) is 48.9 Å². The Bertz CT molecular complexity index is 1080. The van der Waals surface area contributed by atoms with Crippen molar-refractivity contribution in [3.8, 4) is 11.5 Å². The topological polar surface area (TPSA) is 157 Å². The third-order valence-electron chi connectivity index (χ3n) is 6.41. The Hall–Kier alpha value is -3.73. The molecule has 2 rings (SSSR count). The third kappa shape index (κ3) is 11.7. The molecular weight excluding hydrogens is 544 g/mol. The van der Waals surface area contributed by atoms with Crippen molar-refractivity contribution in [2.24, 2.45) is 0 Å². The molecule has 224 valence electrons. The van der Waals surface area contributed by atoms with Gasteiger partial charge < -0.3 is 10.2 Å². The van der Waals surface area contributed by atoms with Crippen molar-refractivity contribution in [1.29, 1.82) is 0 Å². The average molecular weight is 587 g/mol. The average Bonchev–Trinajstić information content (AvgIpc) is 2.96. The van der Waals surface area contributed by atoms with Gasteiger partial charge in [0.15, 0.2) is 0 Å². The largest absolute Gasteiger partial charge is 0.507 e. The first kappa shape index (κ1) is 33.5. The molecule has 6 N–H and O–H groups in total. The first-order valence-electron chi connectivity index (χ1n) is 14.2. The van der Waals surface area contributed by atoms with Crippen molar-refractivity contribution >= 4 is 35.4 Å². The standard InChI is InChI=1S/C30H42N4O6S/c1-3-5-7-11-21-13-9-15-23(27(21)37)29(39)33-31-25(35)17-19-41-20-18-26(36)32-34-30(40)24-16-10-14-22(28(24)38)12-8-6-4-2/h9-10,13-16,37-38H,3-8,11-12,17-20H2,1-2H3,(H,31,35)(H,32,36)(H,33,39)(H,34,40). The van der Waals surface area contributed by atoms with E-state index in [1.807, 2.05) is 0 Å². The maximum Gasteiger partial charge on any atom is 0.273 e. The Morgan fingerprint density at radius 2 is 1.05 bits per heavy atom. The van der Waals surface area contributed by atoms with E-state index in [1.165, 1.54) is 23.9 Å². The lowest BCUT2D eigenvalue weighted by Gasteiger charge is -2.11. The van der Waals surface area contributed by atoms with Crippen molar-refractivity contribution in [2.45, 2.75) is 78.1 Å². The number of carbonyl (C=O) groups is 4. The number of hydrazine groups is 2. The van der Waals surface area contributed by atoms with Crippen LogP contribution in [0, 0.1) is 0 Å². The van der Waals surface area contributed by atoms with Crippen LogP contribution in [0.15, 0.2) is 36.4 Å². The minimum Gasteiger partial charge on any atom is -0.507 e. The summed E-state index contributed by atoms with van der Waals surface area (Å²) in [6.45, 7) is 4.18. The van der Waals surface area contributed by atoms with E-state index >= 15 is 0 Å². The van der Waals surface area contributed by atoms with E-state index < -0.39 is 23.6 Å². The molecule has 0 fully saturated rings. The van der Waals surface area contributed by atoms with Gasteiger partial charge in [-0.3, -0.25) is 40.9 Å². The molecule has 0 spiro atoms. The molecule has 0 saturated heterocycles. The zero-order valence-electron chi connectivity index (χ0n) is 23.9. The summed E-state index contributed by atoms with van der Waals surface area (Å²) in [6, 6.07) is 9.96. The van der Waals surface area contributed by atoms with E-state index in [2.05, 4.69) is 35.6 Å². The van der Waals surface area contributed by atoms with E-state index in [0.29, 0.717) is 35.5 Å². The van der Waals surface area contributed by atoms with Gasteiger partial charge in [-0.15, -0.1) is 0 Å². The highest BCUT2D eigenvalue weighted by molar-refractivity contribution is 7.99. The zero-order valence-corrected chi connectivity index (χ0v) is 24.7. The smallest absolute Gasteiger partial charge is 0.273 e. The van der Waals surface area contributed by atoms with Crippen molar-refractivity contribution in [3.63, 3.8) is 0 Å². The van der Waals surface area contributed by atoms with Gasteiger partial charge in [0.05, 0.1) is 11.1 Å². The quantitative estimate of drug-likeness (QED) is 0.126. The molecule has 0 atom stereocenters. The highest BCUT2D eigenvalue weighted by Crippen LogP contribution is 2.25. The fourth-order valence-corrected chi connectivity index (χ4v) is 4.89. The SMILES string of the molecule is CCCCCc1cccc(C(=O)NNC(=O)CCSCCC(=O)NNC(=O)c2cccc(CCCCC)c2O)c1O. The number of nitrogens with one attached hydrogen (secondary N) is 4. The summed E-state index contributed by atoms with van der Waals surface area (Å²) in [5, 5.41) is 20.8. The molecule has 0 unspecified atom stereocenters. The van der Waals surface area contributed by atoms with Gasteiger partial charge in [0.2, 0.25) is 11.8 Å². The van der Waals surface area contributed by atoms with Crippen molar-refractivity contribution < 1.29 is 29.4 Å². The van der Waals surface area contributed by atoms with Crippen LogP contribution in [0.25, 0.3) is 0 Å². The highest BCUT2D eigenvalue weighted by Gasteiger charge is 2.16. The van der Waals surface area contributed by atoms with Crippen LogP contribution in [0.2, 0.25) is 0 Å². The van der Waals surface area contributed by atoms with Gasteiger partial charge in [-0.25, -0.2) is 0 Å². The minimum absolute atomic E-state index is 0.0758. The molecular formula is C30H42N4O6S. The molecule has 11 heteroatoms. The molecule has 4 amide bonds. The number of carbonyl (C=O) groups excluding carboxylic acids is 4.